The summed E-state index contributed by atoms with van der Waals surface area (Å²) in [5.74, 6) is -0.910. The quantitative estimate of drug-likeness (QED) is 0.408. The minimum absolute atomic E-state index is 0.147. The summed E-state index contributed by atoms with van der Waals surface area (Å²) in [5.41, 5.74) is 0. The van der Waals surface area contributed by atoms with E-state index in [4.69, 9.17) is 14.8 Å². The lowest BCUT2D eigenvalue weighted by Gasteiger charge is -2.17. The Bertz CT molecular complexity index is 287. The van der Waals surface area contributed by atoms with Crippen LogP contribution in [0.15, 0.2) is 0 Å². The SMILES string of the molecule is O=S(=O)(O)O[C@H]1C[C@H](O)[C@@H](O)[C@@H]1CO. The first kappa shape index (κ1) is 11.8. The molecule has 0 unspecified atom stereocenters. The largest absolute Gasteiger partial charge is 0.397 e. The lowest BCUT2D eigenvalue weighted by molar-refractivity contribution is -0.00317. The topological polar surface area (TPSA) is 124 Å². The zero-order valence-corrected chi connectivity index (χ0v) is 7.96. The Morgan fingerprint density at radius 3 is 2.36 bits per heavy atom. The normalized spacial score (nSPS) is 38.9. The van der Waals surface area contributed by atoms with Crippen LogP contribution in [0.5, 0.6) is 0 Å². The molecule has 1 fully saturated rings. The number of aliphatic hydroxyl groups excluding tert-OH is 3. The number of hydrogen-bond donors (Lipinski definition) is 4. The Kier molecular flexibility index (Phi) is 3.45. The van der Waals surface area contributed by atoms with Gasteiger partial charge in [-0.1, -0.05) is 0 Å². The van der Waals surface area contributed by atoms with E-state index in [-0.39, 0.29) is 6.42 Å². The molecular formula is C6H12O7S. The fourth-order valence-electron chi connectivity index (χ4n) is 1.55. The lowest BCUT2D eigenvalue weighted by atomic mass is 10.1. The van der Waals surface area contributed by atoms with Gasteiger partial charge < -0.3 is 15.3 Å². The van der Waals surface area contributed by atoms with E-state index in [2.05, 4.69) is 4.18 Å². The molecule has 0 aromatic carbocycles. The molecule has 0 amide bonds. The van der Waals surface area contributed by atoms with Gasteiger partial charge in [-0.2, -0.15) is 8.42 Å². The monoisotopic (exact) mass is 228 g/mol. The van der Waals surface area contributed by atoms with Gasteiger partial charge >= 0.3 is 10.4 Å². The van der Waals surface area contributed by atoms with E-state index in [1.807, 2.05) is 0 Å². The third kappa shape index (κ3) is 2.62. The van der Waals surface area contributed by atoms with E-state index in [9.17, 15) is 13.5 Å². The van der Waals surface area contributed by atoms with Crippen LogP contribution >= 0.6 is 0 Å². The van der Waals surface area contributed by atoms with Crippen molar-refractivity contribution < 1.29 is 32.5 Å². The van der Waals surface area contributed by atoms with Crippen molar-refractivity contribution in [2.24, 2.45) is 5.92 Å². The molecular weight excluding hydrogens is 216 g/mol. The maximum absolute atomic E-state index is 10.4. The number of hydrogen-bond acceptors (Lipinski definition) is 6. The summed E-state index contributed by atoms with van der Waals surface area (Å²) in [6, 6.07) is 0. The van der Waals surface area contributed by atoms with Gasteiger partial charge in [-0.15, -0.1) is 0 Å². The number of rotatable bonds is 3. The Labute approximate surface area is 80.9 Å². The molecule has 8 heteroatoms. The Hall–Kier alpha value is -0.250. The molecule has 7 nitrogen and oxygen atoms in total. The average molecular weight is 228 g/mol. The predicted octanol–water partition coefficient (Wildman–Crippen LogP) is -2.09. The van der Waals surface area contributed by atoms with E-state index in [0.29, 0.717) is 0 Å². The maximum atomic E-state index is 10.4. The summed E-state index contributed by atoms with van der Waals surface area (Å²) in [5, 5.41) is 27.2. The summed E-state index contributed by atoms with van der Waals surface area (Å²) >= 11 is 0. The minimum atomic E-state index is -4.63. The van der Waals surface area contributed by atoms with Crippen LogP contribution in [0.2, 0.25) is 0 Å². The molecule has 4 N–H and O–H groups in total. The van der Waals surface area contributed by atoms with Crippen molar-refractivity contribution in [2.75, 3.05) is 6.61 Å². The van der Waals surface area contributed by atoms with Crippen molar-refractivity contribution >= 4 is 10.4 Å². The van der Waals surface area contributed by atoms with Crippen LogP contribution in [-0.4, -0.2) is 53.2 Å². The first-order chi connectivity index (χ1) is 6.35. The zero-order chi connectivity index (χ0) is 10.9. The molecule has 0 bridgehead atoms. The summed E-state index contributed by atoms with van der Waals surface area (Å²) in [7, 11) is -4.63. The highest BCUT2D eigenvalue weighted by molar-refractivity contribution is 7.80. The average Bonchev–Trinajstić information content (AvgIpc) is 2.24. The third-order valence-corrected chi connectivity index (χ3v) is 2.73. The van der Waals surface area contributed by atoms with Crippen LogP contribution < -0.4 is 0 Å². The second-order valence-corrected chi connectivity index (χ2v) is 4.25. The zero-order valence-electron chi connectivity index (χ0n) is 7.15. The van der Waals surface area contributed by atoms with E-state index in [1.165, 1.54) is 0 Å². The fraction of sp³-hybridized carbons (Fsp3) is 1.00. The van der Waals surface area contributed by atoms with Crippen molar-refractivity contribution in [3.63, 3.8) is 0 Å². The predicted molar refractivity (Wildman–Crippen MR) is 43.6 cm³/mol. The molecule has 4 atom stereocenters. The molecule has 0 spiro atoms. The van der Waals surface area contributed by atoms with Crippen LogP contribution in [0.3, 0.4) is 0 Å². The maximum Gasteiger partial charge on any atom is 0.397 e. The molecule has 1 aliphatic rings. The first-order valence-corrected chi connectivity index (χ1v) is 5.34. The van der Waals surface area contributed by atoms with Crippen LogP contribution in [-0.2, 0) is 14.6 Å². The van der Waals surface area contributed by atoms with Crippen molar-refractivity contribution in [1.29, 1.82) is 0 Å². The van der Waals surface area contributed by atoms with Gasteiger partial charge in [0.25, 0.3) is 0 Å². The van der Waals surface area contributed by atoms with E-state index < -0.39 is 41.2 Å². The molecule has 0 radical (unpaired) electrons. The van der Waals surface area contributed by atoms with Crippen LogP contribution in [0.1, 0.15) is 6.42 Å². The summed E-state index contributed by atoms with van der Waals surface area (Å²) in [4.78, 5) is 0. The fourth-order valence-corrected chi connectivity index (χ4v) is 2.08. The third-order valence-electron chi connectivity index (χ3n) is 2.24. The summed E-state index contributed by atoms with van der Waals surface area (Å²) in [6.45, 7) is -0.529. The second-order valence-electron chi connectivity index (χ2n) is 3.20. The van der Waals surface area contributed by atoms with E-state index in [0.717, 1.165) is 0 Å². The minimum Gasteiger partial charge on any atom is -0.396 e. The second kappa shape index (κ2) is 4.09. The molecule has 0 aliphatic heterocycles. The molecule has 14 heavy (non-hydrogen) atoms. The highest BCUT2D eigenvalue weighted by Gasteiger charge is 2.43. The summed E-state index contributed by atoms with van der Waals surface area (Å²) < 4.78 is 33.3. The standard InChI is InChI=1S/C6H12O7S/c7-2-3-5(13-14(10,11)12)1-4(8)6(3)9/h3-9H,1-2H2,(H,10,11,12)/t3-,4+,5+,6+/m1/s1. The molecule has 0 aromatic rings. The van der Waals surface area contributed by atoms with Crippen molar-refractivity contribution in [2.45, 2.75) is 24.7 Å². The van der Waals surface area contributed by atoms with Crippen molar-refractivity contribution in [3.8, 4) is 0 Å². The Morgan fingerprint density at radius 2 is 1.93 bits per heavy atom. The van der Waals surface area contributed by atoms with E-state index in [1.54, 1.807) is 0 Å². The van der Waals surface area contributed by atoms with Gasteiger partial charge in [-0.25, -0.2) is 4.18 Å². The Morgan fingerprint density at radius 1 is 1.36 bits per heavy atom. The highest BCUT2D eigenvalue weighted by Crippen LogP contribution is 2.29. The molecule has 1 saturated carbocycles. The molecule has 0 saturated heterocycles. The van der Waals surface area contributed by atoms with Crippen molar-refractivity contribution in [1.82, 2.24) is 0 Å². The summed E-state index contributed by atoms with van der Waals surface area (Å²) in [6.07, 6.45) is -3.64. The smallest absolute Gasteiger partial charge is 0.396 e. The highest BCUT2D eigenvalue weighted by atomic mass is 32.3. The Balaban J connectivity index is 2.71. The molecule has 1 rings (SSSR count). The molecule has 84 valence electrons. The van der Waals surface area contributed by atoms with E-state index >= 15 is 0 Å². The van der Waals surface area contributed by atoms with Gasteiger partial charge in [0.05, 0.1) is 24.9 Å². The first-order valence-electron chi connectivity index (χ1n) is 3.98. The van der Waals surface area contributed by atoms with Gasteiger partial charge in [0.15, 0.2) is 0 Å². The number of aliphatic hydroxyl groups is 3. The van der Waals surface area contributed by atoms with Crippen LogP contribution in [0.4, 0.5) is 0 Å². The van der Waals surface area contributed by atoms with Gasteiger partial charge in [0, 0.05) is 12.3 Å². The van der Waals surface area contributed by atoms with Gasteiger partial charge in [-0.05, 0) is 0 Å². The van der Waals surface area contributed by atoms with Crippen molar-refractivity contribution in [3.05, 3.63) is 0 Å². The molecule has 0 aromatic heterocycles. The lowest BCUT2D eigenvalue weighted by Crippen LogP contribution is -2.32. The van der Waals surface area contributed by atoms with Gasteiger partial charge in [0.1, 0.15) is 0 Å². The van der Waals surface area contributed by atoms with Crippen LogP contribution in [0.25, 0.3) is 0 Å². The molecule has 1 aliphatic carbocycles. The van der Waals surface area contributed by atoms with Gasteiger partial charge in [0.2, 0.25) is 0 Å². The van der Waals surface area contributed by atoms with Crippen LogP contribution in [0, 0.1) is 5.92 Å². The molecule has 0 heterocycles. The van der Waals surface area contributed by atoms with Gasteiger partial charge in [-0.3, -0.25) is 4.55 Å².